The van der Waals surface area contributed by atoms with Gasteiger partial charge >= 0.3 is 0 Å². The predicted molar refractivity (Wildman–Crippen MR) is 61.3 cm³/mol. The molecule has 0 spiro atoms. The molecule has 0 saturated heterocycles. The largest absolute Gasteiger partial charge is 0.445 e. The Morgan fingerprint density at radius 3 is 3.00 bits per heavy atom. The molecule has 1 aromatic rings. The number of rotatable bonds is 3. The van der Waals surface area contributed by atoms with Gasteiger partial charge in [0.05, 0.1) is 6.20 Å². The van der Waals surface area contributed by atoms with E-state index in [1.165, 1.54) is 19.3 Å². The van der Waals surface area contributed by atoms with Crippen LogP contribution in [-0.4, -0.2) is 10.9 Å². The molecule has 84 valence electrons. The van der Waals surface area contributed by atoms with E-state index in [1.807, 2.05) is 6.20 Å². The van der Waals surface area contributed by atoms with Crippen molar-refractivity contribution in [2.24, 2.45) is 5.41 Å². The highest BCUT2D eigenvalue weighted by Crippen LogP contribution is 2.48. The third kappa shape index (κ3) is 2.20. The summed E-state index contributed by atoms with van der Waals surface area (Å²) in [7, 11) is 0. The van der Waals surface area contributed by atoms with Gasteiger partial charge in [0.1, 0.15) is 5.76 Å². The molecule has 1 unspecified atom stereocenters. The first-order valence-corrected chi connectivity index (χ1v) is 6.17. The van der Waals surface area contributed by atoms with E-state index < -0.39 is 0 Å². The molecule has 1 atom stereocenters. The van der Waals surface area contributed by atoms with E-state index in [2.05, 4.69) is 18.8 Å². The third-order valence-corrected chi connectivity index (χ3v) is 3.67. The zero-order valence-electron chi connectivity index (χ0n) is 9.42. The Hall–Kier alpha value is -0.500. The van der Waals surface area contributed by atoms with Crippen molar-refractivity contribution in [3.8, 4) is 0 Å². The average molecular weight is 228 g/mol. The number of aryl methyl sites for hydroxylation is 1. The Labute approximate surface area is 96.0 Å². The first-order chi connectivity index (χ1) is 7.13. The molecular weight excluding hydrogens is 210 g/mol. The third-order valence-electron chi connectivity index (χ3n) is 3.48. The molecule has 3 heteroatoms. The van der Waals surface area contributed by atoms with Crippen molar-refractivity contribution < 1.29 is 4.42 Å². The van der Waals surface area contributed by atoms with Crippen LogP contribution in [0.4, 0.5) is 0 Å². The van der Waals surface area contributed by atoms with E-state index in [0.717, 1.165) is 18.1 Å². The lowest BCUT2D eigenvalue weighted by atomic mass is 9.81. The minimum absolute atomic E-state index is 0.359. The second-order valence-electron chi connectivity index (χ2n) is 5.03. The molecule has 0 bridgehead atoms. The lowest BCUT2D eigenvalue weighted by Crippen LogP contribution is -2.14. The number of nitrogens with zero attached hydrogens (tertiary/aromatic N) is 1. The summed E-state index contributed by atoms with van der Waals surface area (Å²) in [5.74, 6) is 2.95. The van der Waals surface area contributed by atoms with Gasteiger partial charge in [-0.05, 0) is 18.3 Å². The second kappa shape index (κ2) is 4.17. The van der Waals surface area contributed by atoms with Crippen molar-refractivity contribution >= 4 is 11.6 Å². The number of alkyl halides is 1. The lowest BCUT2D eigenvalue weighted by Gasteiger charge is -2.24. The van der Waals surface area contributed by atoms with E-state index in [-0.39, 0.29) is 0 Å². The van der Waals surface area contributed by atoms with Gasteiger partial charge in [0.15, 0.2) is 5.89 Å². The van der Waals surface area contributed by atoms with Crippen LogP contribution in [0.25, 0.3) is 0 Å². The highest BCUT2D eigenvalue weighted by molar-refractivity contribution is 6.17. The Kier molecular flexibility index (Phi) is 3.06. The molecule has 1 saturated carbocycles. The van der Waals surface area contributed by atoms with Crippen LogP contribution in [0.2, 0.25) is 0 Å². The Bertz CT molecular complexity index is 332. The summed E-state index contributed by atoms with van der Waals surface area (Å²) >= 11 is 5.66. The van der Waals surface area contributed by atoms with Gasteiger partial charge in [-0.1, -0.05) is 20.3 Å². The normalized spacial score (nSPS) is 24.6. The molecule has 0 radical (unpaired) electrons. The summed E-state index contributed by atoms with van der Waals surface area (Å²) < 4.78 is 5.75. The zero-order valence-corrected chi connectivity index (χ0v) is 10.2. The summed E-state index contributed by atoms with van der Waals surface area (Å²) in [6.07, 6.45) is 6.42. The second-order valence-corrected chi connectivity index (χ2v) is 5.41. The van der Waals surface area contributed by atoms with Gasteiger partial charge < -0.3 is 4.42 Å². The maximum Gasteiger partial charge on any atom is 0.195 e. The van der Waals surface area contributed by atoms with Gasteiger partial charge in [-0.2, -0.15) is 0 Å². The quantitative estimate of drug-likeness (QED) is 0.736. The van der Waals surface area contributed by atoms with Crippen LogP contribution in [0, 0.1) is 5.41 Å². The van der Waals surface area contributed by atoms with Crippen molar-refractivity contribution in [2.75, 3.05) is 5.88 Å². The fraction of sp³-hybridized carbons (Fsp3) is 0.750. The first-order valence-electron chi connectivity index (χ1n) is 5.64. The molecule has 1 aliphatic rings. The predicted octanol–water partition coefficient (Wildman–Crippen LogP) is 3.75. The van der Waals surface area contributed by atoms with Crippen molar-refractivity contribution in [2.45, 2.75) is 45.4 Å². The number of hydrogen-bond acceptors (Lipinski definition) is 2. The van der Waals surface area contributed by atoms with Crippen molar-refractivity contribution in [3.05, 3.63) is 17.8 Å². The first kappa shape index (κ1) is 11.0. The molecule has 0 amide bonds. The smallest absolute Gasteiger partial charge is 0.195 e. The maximum atomic E-state index is 5.75. The highest BCUT2D eigenvalue weighted by Gasteiger charge is 2.37. The molecule has 0 aliphatic heterocycles. The minimum atomic E-state index is 0.359. The summed E-state index contributed by atoms with van der Waals surface area (Å²) in [5, 5.41) is 0. The van der Waals surface area contributed by atoms with Crippen molar-refractivity contribution in [3.63, 3.8) is 0 Å². The van der Waals surface area contributed by atoms with Crippen molar-refractivity contribution in [1.82, 2.24) is 4.98 Å². The fourth-order valence-electron chi connectivity index (χ4n) is 2.54. The van der Waals surface area contributed by atoms with E-state index in [4.69, 9.17) is 16.0 Å². The van der Waals surface area contributed by atoms with Crippen molar-refractivity contribution in [1.29, 1.82) is 0 Å². The Morgan fingerprint density at radius 2 is 2.40 bits per heavy atom. The summed E-state index contributed by atoms with van der Waals surface area (Å²) in [6.45, 7) is 4.63. The molecule has 1 fully saturated rings. The minimum Gasteiger partial charge on any atom is -0.445 e. The van der Waals surface area contributed by atoms with E-state index >= 15 is 0 Å². The molecule has 1 aromatic heterocycles. The molecule has 15 heavy (non-hydrogen) atoms. The fourth-order valence-corrected chi connectivity index (χ4v) is 2.70. The number of oxazole rings is 1. The molecule has 0 N–H and O–H groups in total. The summed E-state index contributed by atoms with van der Waals surface area (Å²) in [4.78, 5) is 4.26. The van der Waals surface area contributed by atoms with Gasteiger partial charge in [-0.25, -0.2) is 4.98 Å². The van der Waals surface area contributed by atoms with Gasteiger partial charge in [0.25, 0.3) is 0 Å². The maximum absolute atomic E-state index is 5.75. The SMILES string of the molecule is CC1(C)CCCC1c1cnc(CCCl)o1. The summed E-state index contributed by atoms with van der Waals surface area (Å²) in [5.41, 5.74) is 0.359. The van der Waals surface area contributed by atoms with Crippen LogP contribution in [0.3, 0.4) is 0 Å². The van der Waals surface area contributed by atoms with Crippen LogP contribution >= 0.6 is 11.6 Å². The van der Waals surface area contributed by atoms with E-state index in [1.54, 1.807) is 0 Å². The average Bonchev–Trinajstić information content (AvgIpc) is 2.72. The highest BCUT2D eigenvalue weighted by atomic mass is 35.5. The molecular formula is C12H18ClNO. The Balaban J connectivity index is 2.15. The number of aromatic nitrogens is 1. The Morgan fingerprint density at radius 1 is 1.60 bits per heavy atom. The molecule has 1 aliphatic carbocycles. The van der Waals surface area contributed by atoms with Crippen LogP contribution in [0.5, 0.6) is 0 Å². The number of halogens is 1. The molecule has 2 rings (SSSR count). The summed E-state index contributed by atoms with van der Waals surface area (Å²) in [6, 6.07) is 0. The monoisotopic (exact) mass is 227 g/mol. The van der Waals surface area contributed by atoms with Gasteiger partial charge in [-0.3, -0.25) is 0 Å². The van der Waals surface area contributed by atoms with Crippen LogP contribution < -0.4 is 0 Å². The van der Waals surface area contributed by atoms with E-state index in [9.17, 15) is 0 Å². The molecule has 1 heterocycles. The zero-order chi connectivity index (χ0) is 10.9. The van der Waals surface area contributed by atoms with Gasteiger partial charge in [0.2, 0.25) is 0 Å². The van der Waals surface area contributed by atoms with Gasteiger partial charge in [-0.15, -0.1) is 11.6 Å². The molecule has 0 aromatic carbocycles. The number of hydrogen-bond donors (Lipinski definition) is 0. The molecule has 2 nitrogen and oxygen atoms in total. The van der Waals surface area contributed by atoms with Gasteiger partial charge in [0, 0.05) is 18.2 Å². The van der Waals surface area contributed by atoms with Crippen LogP contribution in [-0.2, 0) is 6.42 Å². The standard InChI is InChI=1S/C12H18ClNO/c1-12(2)6-3-4-9(12)10-8-14-11(15-10)5-7-13/h8-9H,3-7H2,1-2H3. The lowest BCUT2D eigenvalue weighted by molar-refractivity contribution is 0.288. The van der Waals surface area contributed by atoms with E-state index in [0.29, 0.717) is 17.2 Å². The van der Waals surface area contributed by atoms with Crippen LogP contribution in [0.15, 0.2) is 10.6 Å². The topological polar surface area (TPSA) is 26.0 Å². The van der Waals surface area contributed by atoms with Crippen LogP contribution in [0.1, 0.15) is 50.7 Å².